The van der Waals surface area contributed by atoms with Crippen molar-refractivity contribution in [1.29, 1.82) is 0 Å². The molecule has 23 heavy (non-hydrogen) atoms. The van der Waals surface area contributed by atoms with Gasteiger partial charge in [-0.15, -0.1) is 0 Å². The van der Waals surface area contributed by atoms with Gasteiger partial charge in [-0.3, -0.25) is 4.79 Å². The van der Waals surface area contributed by atoms with Crippen LogP contribution in [0.4, 0.5) is 0 Å². The molecule has 1 aliphatic heterocycles. The fourth-order valence-corrected chi connectivity index (χ4v) is 3.26. The van der Waals surface area contributed by atoms with Crippen molar-refractivity contribution in [3.8, 4) is 0 Å². The van der Waals surface area contributed by atoms with Crippen LogP contribution in [0.15, 0.2) is 66.4 Å². The van der Waals surface area contributed by atoms with Crippen LogP contribution in [-0.4, -0.2) is 11.4 Å². The van der Waals surface area contributed by atoms with Crippen LogP contribution in [0, 0.1) is 6.92 Å². The van der Waals surface area contributed by atoms with E-state index in [-0.39, 0.29) is 17.1 Å². The summed E-state index contributed by atoms with van der Waals surface area (Å²) in [5.74, 6) is 0.672. The largest absolute Gasteiger partial charge is 0.481 e. The third kappa shape index (κ3) is 3.67. The van der Waals surface area contributed by atoms with E-state index in [1.165, 1.54) is 22.9 Å². The van der Waals surface area contributed by atoms with Crippen molar-refractivity contribution >= 4 is 16.9 Å². The maximum atomic E-state index is 12.2. The minimum Gasteiger partial charge on any atom is -0.481 e. The molecule has 0 fully saturated rings. The van der Waals surface area contributed by atoms with Crippen molar-refractivity contribution < 1.29 is 9.53 Å². The van der Waals surface area contributed by atoms with E-state index in [1.807, 2.05) is 30.3 Å². The third-order valence-corrected chi connectivity index (χ3v) is 4.69. The molecule has 0 aromatic heterocycles. The minimum absolute atomic E-state index is 0.0108. The summed E-state index contributed by atoms with van der Waals surface area (Å²) in [5.41, 5.74) is 3.56. The van der Waals surface area contributed by atoms with Gasteiger partial charge in [0.25, 0.3) is 5.12 Å². The van der Waals surface area contributed by atoms with Crippen LogP contribution >= 0.6 is 11.8 Å². The molecule has 0 bridgehead atoms. The van der Waals surface area contributed by atoms with Gasteiger partial charge in [-0.05, 0) is 36.8 Å². The Morgan fingerprint density at radius 2 is 1.83 bits per heavy atom. The van der Waals surface area contributed by atoms with Crippen LogP contribution < -0.4 is 0 Å². The first-order valence-corrected chi connectivity index (χ1v) is 8.98. The van der Waals surface area contributed by atoms with E-state index in [0.29, 0.717) is 5.76 Å². The van der Waals surface area contributed by atoms with Crippen molar-refractivity contribution in [3.05, 3.63) is 83.1 Å². The van der Waals surface area contributed by atoms with E-state index >= 15 is 0 Å². The van der Waals surface area contributed by atoms with Crippen LogP contribution in [0.2, 0.25) is 0 Å². The fraction of sp³-hybridized carbons (Fsp3) is 0.250. The zero-order valence-corrected chi connectivity index (χ0v) is 14.2. The molecule has 0 saturated carbocycles. The Hall–Kier alpha value is -2.00. The zero-order chi connectivity index (χ0) is 16.2. The number of carbonyl (C=O) groups is 1. The van der Waals surface area contributed by atoms with E-state index in [4.69, 9.17) is 4.74 Å². The lowest BCUT2D eigenvalue weighted by Crippen LogP contribution is -2.18. The van der Waals surface area contributed by atoms with Gasteiger partial charge in [-0.1, -0.05) is 71.9 Å². The number of hydrogen-bond acceptors (Lipinski definition) is 3. The monoisotopic (exact) mass is 324 g/mol. The van der Waals surface area contributed by atoms with E-state index in [1.54, 1.807) is 6.26 Å². The summed E-state index contributed by atoms with van der Waals surface area (Å²) in [5, 5.41) is -0.0108. The lowest BCUT2D eigenvalue weighted by atomic mass is 9.88. The van der Waals surface area contributed by atoms with Crippen LogP contribution in [0.25, 0.3) is 0 Å². The number of allylic oxidation sites excluding steroid dienone is 1. The molecule has 2 atom stereocenters. The van der Waals surface area contributed by atoms with Gasteiger partial charge in [-0.2, -0.15) is 0 Å². The Bertz CT molecular complexity index is 721. The highest BCUT2D eigenvalue weighted by Gasteiger charge is 2.28. The van der Waals surface area contributed by atoms with Crippen molar-refractivity contribution in [1.82, 2.24) is 0 Å². The van der Waals surface area contributed by atoms with Gasteiger partial charge in [0.1, 0.15) is 6.10 Å². The second-order valence-corrected chi connectivity index (χ2v) is 6.58. The van der Waals surface area contributed by atoms with E-state index < -0.39 is 0 Å². The van der Waals surface area contributed by atoms with Crippen molar-refractivity contribution in [3.63, 3.8) is 0 Å². The molecule has 118 valence electrons. The van der Waals surface area contributed by atoms with Crippen molar-refractivity contribution in [2.45, 2.75) is 25.4 Å². The number of hydrogen-bond donors (Lipinski definition) is 0. The summed E-state index contributed by atoms with van der Waals surface area (Å²) in [6.45, 7) is 2.07. The molecule has 0 saturated heterocycles. The Morgan fingerprint density at radius 1 is 1.09 bits per heavy atom. The van der Waals surface area contributed by atoms with Crippen LogP contribution in [-0.2, 0) is 9.53 Å². The summed E-state index contributed by atoms with van der Waals surface area (Å²) < 4.78 is 6.02. The molecule has 3 heteroatoms. The second-order valence-electron chi connectivity index (χ2n) is 5.80. The first-order valence-electron chi connectivity index (χ1n) is 7.75. The molecule has 0 spiro atoms. The molecule has 0 amide bonds. The minimum atomic E-state index is -0.0868. The first-order chi connectivity index (χ1) is 11.2. The number of thioether (sulfide) groups is 1. The molecule has 0 unspecified atom stereocenters. The molecular weight excluding hydrogens is 304 g/mol. The van der Waals surface area contributed by atoms with Gasteiger partial charge in [0.05, 0.1) is 0 Å². The van der Waals surface area contributed by atoms with E-state index in [0.717, 1.165) is 12.0 Å². The summed E-state index contributed by atoms with van der Waals surface area (Å²) in [4.78, 5) is 12.2. The predicted octanol–water partition coefficient (Wildman–Crippen LogP) is 5.01. The average molecular weight is 324 g/mol. The number of benzene rings is 2. The van der Waals surface area contributed by atoms with E-state index in [2.05, 4.69) is 37.3 Å². The number of ether oxygens (including phenoxy) is 1. The number of carbonyl (C=O) groups excluding carboxylic acids is 1. The molecule has 2 nitrogen and oxygen atoms in total. The Morgan fingerprint density at radius 3 is 2.52 bits per heavy atom. The normalized spacial score (nSPS) is 20.5. The summed E-state index contributed by atoms with van der Waals surface area (Å²) in [6, 6.07) is 18.6. The van der Waals surface area contributed by atoms with Crippen molar-refractivity contribution in [2.75, 3.05) is 6.26 Å². The molecule has 1 heterocycles. The van der Waals surface area contributed by atoms with Gasteiger partial charge >= 0.3 is 0 Å². The highest BCUT2D eigenvalue weighted by Crippen LogP contribution is 2.39. The SMILES string of the molecule is CSC(=O)C1=C[C@@H](c2ccccc2)C[C@H](c2cccc(C)c2)O1. The molecule has 3 rings (SSSR count). The summed E-state index contributed by atoms with van der Waals surface area (Å²) in [7, 11) is 0. The molecule has 2 aromatic carbocycles. The molecule has 0 N–H and O–H groups in total. The van der Waals surface area contributed by atoms with Gasteiger partial charge in [0.15, 0.2) is 5.76 Å². The van der Waals surface area contributed by atoms with Gasteiger partial charge < -0.3 is 4.74 Å². The first kappa shape index (κ1) is 15.9. The number of aryl methyl sites for hydroxylation is 1. The predicted molar refractivity (Wildman–Crippen MR) is 95.4 cm³/mol. The van der Waals surface area contributed by atoms with Gasteiger partial charge in [0.2, 0.25) is 0 Å². The molecule has 2 aromatic rings. The second kappa shape index (κ2) is 7.05. The Labute approximate surface area is 141 Å². The third-order valence-electron chi connectivity index (χ3n) is 4.12. The highest BCUT2D eigenvalue weighted by atomic mass is 32.2. The van der Waals surface area contributed by atoms with Crippen LogP contribution in [0.1, 0.15) is 35.1 Å². The smallest absolute Gasteiger partial charge is 0.253 e. The Kier molecular flexibility index (Phi) is 4.87. The zero-order valence-electron chi connectivity index (χ0n) is 13.4. The number of rotatable bonds is 3. The summed E-state index contributed by atoms with van der Waals surface area (Å²) in [6.07, 6.45) is 4.52. The topological polar surface area (TPSA) is 26.3 Å². The van der Waals surface area contributed by atoms with Crippen molar-refractivity contribution in [2.24, 2.45) is 0 Å². The quantitative estimate of drug-likeness (QED) is 0.793. The highest BCUT2D eigenvalue weighted by molar-refractivity contribution is 8.13. The molecule has 0 aliphatic carbocycles. The van der Waals surface area contributed by atoms with E-state index in [9.17, 15) is 4.79 Å². The lowest BCUT2D eigenvalue weighted by molar-refractivity contribution is -0.112. The standard InChI is InChI=1S/C20H20O2S/c1-14-7-6-10-16(11-14)18-12-17(15-8-4-3-5-9-15)13-19(22-18)20(21)23-2/h3-11,13,17-18H,12H2,1-2H3/t17-,18+/m0/s1. The van der Waals surface area contributed by atoms with Gasteiger partial charge in [0, 0.05) is 5.92 Å². The average Bonchev–Trinajstić information content (AvgIpc) is 2.61. The lowest BCUT2D eigenvalue weighted by Gasteiger charge is -2.29. The molecular formula is C20H20O2S. The van der Waals surface area contributed by atoms with Crippen LogP contribution in [0.5, 0.6) is 0 Å². The maximum Gasteiger partial charge on any atom is 0.253 e. The maximum absolute atomic E-state index is 12.2. The fourth-order valence-electron chi connectivity index (χ4n) is 2.95. The molecule has 0 radical (unpaired) electrons. The molecule has 1 aliphatic rings. The van der Waals surface area contributed by atoms with Gasteiger partial charge in [-0.25, -0.2) is 0 Å². The summed E-state index contributed by atoms with van der Waals surface area (Å²) >= 11 is 1.20. The Balaban J connectivity index is 1.95. The van der Waals surface area contributed by atoms with Crippen LogP contribution in [0.3, 0.4) is 0 Å².